The number of benzene rings is 2. The second-order valence-corrected chi connectivity index (χ2v) is 8.82. The molecule has 5 rings (SSSR count). The van der Waals surface area contributed by atoms with E-state index in [1.165, 1.54) is 35.5 Å². The molecule has 6 nitrogen and oxygen atoms in total. The average Bonchev–Trinajstić information content (AvgIpc) is 3.24. The number of aromatic nitrogens is 2. The Morgan fingerprint density at radius 1 is 1.03 bits per heavy atom. The summed E-state index contributed by atoms with van der Waals surface area (Å²) in [6, 6.07) is 13.9. The number of halogens is 3. The van der Waals surface area contributed by atoms with Gasteiger partial charge in [-0.15, -0.1) is 0 Å². The van der Waals surface area contributed by atoms with E-state index in [1.54, 1.807) is 36.4 Å². The number of hydrogen-bond acceptors (Lipinski definition) is 4. The van der Waals surface area contributed by atoms with Crippen LogP contribution in [0.4, 0.5) is 23.7 Å². The molecular formula is C27H22F3N3O3. The van der Waals surface area contributed by atoms with E-state index in [4.69, 9.17) is 4.74 Å². The Balaban J connectivity index is 1.30. The van der Waals surface area contributed by atoms with E-state index in [2.05, 4.69) is 10.3 Å². The van der Waals surface area contributed by atoms with E-state index in [9.17, 15) is 22.8 Å². The first-order chi connectivity index (χ1) is 17.3. The van der Waals surface area contributed by atoms with Crippen molar-refractivity contribution in [1.29, 1.82) is 0 Å². The maximum absolute atomic E-state index is 13.0. The Morgan fingerprint density at radius 3 is 2.58 bits per heavy atom. The first-order valence-electron chi connectivity index (χ1n) is 11.5. The van der Waals surface area contributed by atoms with Crippen LogP contribution in [0.25, 0.3) is 10.9 Å². The minimum Gasteiger partial charge on any atom is -0.457 e. The molecule has 2 heterocycles. The zero-order valence-corrected chi connectivity index (χ0v) is 19.1. The molecule has 1 N–H and O–H groups in total. The monoisotopic (exact) mass is 493 g/mol. The summed E-state index contributed by atoms with van der Waals surface area (Å²) >= 11 is 0. The van der Waals surface area contributed by atoms with Crippen molar-refractivity contribution in [2.24, 2.45) is 5.92 Å². The van der Waals surface area contributed by atoms with Gasteiger partial charge in [0.15, 0.2) is 5.78 Å². The highest BCUT2D eigenvalue weighted by atomic mass is 19.4. The number of nitrogens with zero attached hydrogens (tertiary/aromatic N) is 2. The molecule has 0 bridgehead atoms. The van der Waals surface area contributed by atoms with Crippen LogP contribution >= 0.6 is 0 Å². The Kier molecular flexibility index (Phi) is 6.22. The third-order valence-corrected chi connectivity index (χ3v) is 6.27. The van der Waals surface area contributed by atoms with Gasteiger partial charge in [-0.3, -0.25) is 14.3 Å². The SMILES string of the molecule is O=C(CC1CCC1)c1cc(Oc2ccc3c(ccn3C(=O)Nc3cccc(C(F)(F)F)c3)c2)ccn1. The van der Waals surface area contributed by atoms with E-state index in [-0.39, 0.29) is 11.5 Å². The van der Waals surface area contributed by atoms with Crippen molar-refractivity contribution in [2.75, 3.05) is 5.32 Å². The van der Waals surface area contributed by atoms with Gasteiger partial charge >= 0.3 is 12.2 Å². The van der Waals surface area contributed by atoms with Gasteiger partial charge in [-0.05, 0) is 54.4 Å². The average molecular weight is 493 g/mol. The molecule has 0 radical (unpaired) electrons. The second kappa shape index (κ2) is 9.49. The number of Topliss-reactive ketones (excluding diaryl/α,β-unsaturated/α-hetero) is 1. The van der Waals surface area contributed by atoms with Crippen molar-refractivity contribution >= 4 is 28.4 Å². The fraction of sp³-hybridized carbons (Fsp3) is 0.222. The summed E-state index contributed by atoms with van der Waals surface area (Å²) in [6.07, 6.45) is 2.40. The van der Waals surface area contributed by atoms with Gasteiger partial charge in [-0.2, -0.15) is 13.2 Å². The summed E-state index contributed by atoms with van der Waals surface area (Å²) in [6.45, 7) is 0. The molecule has 0 atom stereocenters. The van der Waals surface area contributed by atoms with Gasteiger partial charge < -0.3 is 10.1 Å². The first kappa shape index (κ1) is 23.6. The number of carbonyl (C=O) groups is 2. The van der Waals surface area contributed by atoms with Crippen LogP contribution in [0.15, 0.2) is 73.1 Å². The quantitative estimate of drug-likeness (QED) is 0.286. The lowest BCUT2D eigenvalue weighted by molar-refractivity contribution is -0.137. The third-order valence-electron chi connectivity index (χ3n) is 6.27. The number of pyridine rings is 1. The standard InChI is InChI=1S/C27H22F3N3O3/c28-27(29,30)19-5-2-6-20(15-19)32-26(35)33-12-10-18-14-21(7-8-24(18)33)36-22-9-11-31-23(16-22)25(34)13-17-3-1-4-17/h2,5-12,14-17H,1,3-4,13H2,(H,32,35). The molecule has 184 valence electrons. The molecular weight excluding hydrogens is 471 g/mol. The molecule has 1 aliphatic carbocycles. The van der Waals surface area contributed by atoms with Crippen molar-refractivity contribution in [3.05, 3.63) is 84.3 Å². The molecule has 1 aliphatic rings. The fourth-order valence-corrected chi connectivity index (χ4v) is 4.15. The predicted molar refractivity (Wildman–Crippen MR) is 128 cm³/mol. The number of fused-ring (bicyclic) bond motifs is 1. The summed E-state index contributed by atoms with van der Waals surface area (Å²) in [5.74, 6) is 1.43. The van der Waals surface area contributed by atoms with Crippen LogP contribution in [0.3, 0.4) is 0 Å². The van der Waals surface area contributed by atoms with Crippen LogP contribution in [0, 0.1) is 5.92 Å². The van der Waals surface area contributed by atoms with Gasteiger partial charge in [0.25, 0.3) is 0 Å². The van der Waals surface area contributed by atoms with Crippen LogP contribution in [0.2, 0.25) is 0 Å². The highest BCUT2D eigenvalue weighted by Crippen LogP contribution is 2.32. The number of hydrogen-bond donors (Lipinski definition) is 1. The highest BCUT2D eigenvalue weighted by Gasteiger charge is 2.30. The second-order valence-electron chi connectivity index (χ2n) is 8.82. The molecule has 0 saturated heterocycles. The van der Waals surface area contributed by atoms with E-state index in [0.717, 1.165) is 25.0 Å². The van der Waals surface area contributed by atoms with Crippen LogP contribution in [0.1, 0.15) is 41.7 Å². The van der Waals surface area contributed by atoms with Gasteiger partial charge in [0.2, 0.25) is 0 Å². The molecule has 0 spiro atoms. The van der Waals surface area contributed by atoms with Crippen molar-refractivity contribution < 1.29 is 27.5 Å². The van der Waals surface area contributed by atoms with Gasteiger partial charge in [0, 0.05) is 36.0 Å². The summed E-state index contributed by atoms with van der Waals surface area (Å²) < 4.78 is 46.1. The number of carbonyl (C=O) groups excluding carboxylic acids is 2. The van der Waals surface area contributed by atoms with E-state index < -0.39 is 17.8 Å². The summed E-state index contributed by atoms with van der Waals surface area (Å²) in [5.41, 5.74) is 0.122. The van der Waals surface area contributed by atoms with Gasteiger partial charge in [-0.25, -0.2) is 4.79 Å². The lowest BCUT2D eigenvalue weighted by Crippen LogP contribution is -2.18. The fourth-order valence-electron chi connectivity index (χ4n) is 4.15. The zero-order chi connectivity index (χ0) is 25.3. The van der Waals surface area contributed by atoms with Gasteiger partial charge in [0.1, 0.15) is 17.2 Å². The summed E-state index contributed by atoms with van der Waals surface area (Å²) in [5, 5.41) is 3.19. The maximum Gasteiger partial charge on any atom is 0.416 e. The minimum absolute atomic E-state index is 0.00413. The van der Waals surface area contributed by atoms with Crippen molar-refractivity contribution in [1.82, 2.24) is 9.55 Å². The summed E-state index contributed by atoms with van der Waals surface area (Å²) in [7, 11) is 0. The molecule has 36 heavy (non-hydrogen) atoms. The Morgan fingerprint density at radius 2 is 1.83 bits per heavy atom. The number of ketones is 1. The van der Waals surface area contributed by atoms with Crippen LogP contribution in [0.5, 0.6) is 11.5 Å². The van der Waals surface area contributed by atoms with E-state index in [1.807, 2.05) is 0 Å². The molecule has 1 amide bonds. The molecule has 2 aromatic carbocycles. The third kappa shape index (κ3) is 5.10. The number of anilines is 1. The normalized spacial score (nSPS) is 13.9. The molecule has 0 aliphatic heterocycles. The Bertz CT molecular complexity index is 1440. The van der Waals surface area contributed by atoms with Crippen molar-refractivity contribution in [3.8, 4) is 11.5 Å². The first-order valence-corrected chi connectivity index (χ1v) is 11.5. The molecule has 2 aromatic heterocycles. The van der Waals surface area contributed by atoms with Crippen LogP contribution < -0.4 is 10.1 Å². The number of amides is 1. The Hall–Kier alpha value is -4.14. The lowest BCUT2D eigenvalue weighted by Gasteiger charge is -2.24. The molecule has 1 fully saturated rings. The van der Waals surface area contributed by atoms with Crippen LogP contribution in [-0.4, -0.2) is 21.4 Å². The minimum atomic E-state index is -4.50. The van der Waals surface area contributed by atoms with E-state index in [0.29, 0.717) is 40.4 Å². The largest absolute Gasteiger partial charge is 0.457 e. The number of nitrogens with one attached hydrogen (secondary N) is 1. The van der Waals surface area contributed by atoms with E-state index >= 15 is 0 Å². The van der Waals surface area contributed by atoms with Crippen LogP contribution in [-0.2, 0) is 6.18 Å². The maximum atomic E-state index is 13.0. The van der Waals surface area contributed by atoms with Gasteiger partial charge in [-0.1, -0.05) is 25.3 Å². The predicted octanol–water partition coefficient (Wildman–Crippen LogP) is 7.30. The smallest absolute Gasteiger partial charge is 0.416 e. The number of alkyl halides is 3. The summed E-state index contributed by atoms with van der Waals surface area (Å²) in [4.78, 5) is 29.4. The molecule has 9 heteroatoms. The van der Waals surface area contributed by atoms with Gasteiger partial charge in [0.05, 0.1) is 11.1 Å². The van der Waals surface area contributed by atoms with Crippen molar-refractivity contribution in [3.63, 3.8) is 0 Å². The topological polar surface area (TPSA) is 73.2 Å². The number of rotatable bonds is 6. The molecule has 4 aromatic rings. The van der Waals surface area contributed by atoms with Crippen molar-refractivity contribution in [2.45, 2.75) is 31.9 Å². The number of ether oxygens (including phenoxy) is 1. The zero-order valence-electron chi connectivity index (χ0n) is 19.1. The highest BCUT2D eigenvalue weighted by molar-refractivity contribution is 5.99. The lowest BCUT2D eigenvalue weighted by atomic mass is 9.81. The Labute approximate surface area is 204 Å². The molecule has 1 saturated carbocycles. The molecule has 0 unspecified atom stereocenters.